The Morgan fingerprint density at radius 2 is 1.21 bits per heavy atom. The van der Waals surface area contributed by atoms with E-state index in [1.165, 1.54) is 25.7 Å². The molecule has 6 fully saturated rings. The van der Waals surface area contributed by atoms with Gasteiger partial charge in [0.25, 0.3) is 0 Å². The average molecular weight is 779 g/mol. The summed E-state index contributed by atoms with van der Waals surface area (Å²) in [4.78, 5) is 14.8. The van der Waals surface area contributed by atoms with Gasteiger partial charge in [0, 0.05) is 47.4 Å². The van der Waals surface area contributed by atoms with Gasteiger partial charge in [-0.25, -0.2) is 0 Å². The van der Waals surface area contributed by atoms with E-state index in [0.29, 0.717) is 35.4 Å². The van der Waals surface area contributed by atoms with Crippen molar-refractivity contribution in [3.8, 4) is 17.5 Å². The number of rotatable bonds is 12. The van der Waals surface area contributed by atoms with E-state index in [9.17, 15) is 5.11 Å². The zero-order valence-electron chi connectivity index (χ0n) is 33.8. The van der Waals surface area contributed by atoms with Gasteiger partial charge in [0.15, 0.2) is 0 Å². The van der Waals surface area contributed by atoms with Gasteiger partial charge < -0.3 is 19.3 Å². The molecule has 0 aliphatic carbocycles. The topological polar surface area (TPSA) is 106 Å². The van der Waals surface area contributed by atoms with Gasteiger partial charge in [-0.1, -0.05) is 44.9 Å². The second-order valence-electron chi connectivity index (χ2n) is 17.2. The lowest BCUT2D eigenvalue weighted by molar-refractivity contribution is -0.0505. The summed E-state index contributed by atoms with van der Waals surface area (Å²) in [6.45, 7) is 8.90. The molecule has 10 heteroatoms. The highest BCUT2D eigenvalue weighted by atomic mass is 16.5. The molecule has 58 heavy (non-hydrogen) atoms. The molecule has 300 valence electrons. The number of nitrogens with zero attached hydrogens (tertiary/aromatic N) is 6. The molecule has 10 nitrogen and oxygen atoms in total. The molecule has 12 rings (SSSR count). The first-order valence-corrected chi connectivity index (χ1v) is 21.5. The van der Waals surface area contributed by atoms with Crippen LogP contribution in [0.2, 0.25) is 0 Å². The molecule has 10 atom stereocenters. The van der Waals surface area contributed by atoms with Gasteiger partial charge in [-0.2, -0.15) is 0 Å². The molecule has 0 amide bonds. The fourth-order valence-electron chi connectivity index (χ4n) is 11.2. The molecule has 1 N–H and O–H groups in total. The molecule has 0 saturated carbocycles. The van der Waals surface area contributed by atoms with Gasteiger partial charge in [-0.15, -0.1) is 10.2 Å². The summed E-state index contributed by atoms with van der Waals surface area (Å²) in [6, 6.07) is 24.9. The lowest BCUT2D eigenvalue weighted by Crippen LogP contribution is -2.56. The van der Waals surface area contributed by atoms with Crippen LogP contribution in [-0.4, -0.2) is 80.4 Å². The normalized spacial score (nSPS) is 27.5. The SMILES string of the molecule is CCC1C[N@@]2CCC1C[C@@H]2[C@@H](Oc1nnc(O[C@@H](c2ccnc3ccc(CO)cc23)[C@H]2C[C@H]3CCN2C[C@@H]3CC)c2ccccc12)c1ccnc2ccc(OC)cc12. The molecule has 6 saturated heterocycles. The van der Waals surface area contributed by atoms with E-state index in [4.69, 9.17) is 34.4 Å². The largest absolute Gasteiger partial charge is 0.497 e. The van der Waals surface area contributed by atoms with Crippen molar-refractivity contribution in [2.45, 2.75) is 83.3 Å². The van der Waals surface area contributed by atoms with Crippen LogP contribution in [0.5, 0.6) is 17.5 Å². The minimum absolute atomic E-state index is 0.0362. The number of aliphatic hydroxyl groups excluding tert-OH is 1. The predicted molar refractivity (Wildman–Crippen MR) is 226 cm³/mol. The Labute approximate surface area is 340 Å². The number of ether oxygens (including phenoxy) is 3. The summed E-state index contributed by atoms with van der Waals surface area (Å²) < 4.78 is 20.3. The average Bonchev–Trinajstić information content (AvgIpc) is 3.29. The van der Waals surface area contributed by atoms with Crippen molar-refractivity contribution in [1.29, 1.82) is 0 Å². The van der Waals surface area contributed by atoms with Crippen molar-refractivity contribution in [3.63, 3.8) is 0 Å². The summed E-state index contributed by atoms with van der Waals surface area (Å²) >= 11 is 0. The van der Waals surface area contributed by atoms with Gasteiger partial charge in [-0.05, 0) is 123 Å². The van der Waals surface area contributed by atoms with E-state index in [0.717, 1.165) is 94.0 Å². The Bertz CT molecular complexity index is 2280. The predicted octanol–water partition coefficient (Wildman–Crippen LogP) is 8.71. The highest BCUT2D eigenvalue weighted by Gasteiger charge is 2.46. The van der Waals surface area contributed by atoms with Crippen LogP contribution < -0.4 is 14.2 Å². The molecule has 6 aromatic rings. The number of fused-ring (bicyclic) bond motifs is 9. The molecule has 6 aliphatic rings. The number of methoxy groups -OCH3 is 1. The summed E-state index contributed by atoms with van der Waals surface area (Å²) in [5.41, 5.74) is 4.79. The van der Waals surface area contributed by atoms with Crippen LogP contribution in [0.1, 0.15) is 81.3 Å². The van der Waals surface area contributed by atoms with Crippen molar-refractivity contribution >= 4 is 32.6 Å². The summed E-state index contributed by atoms with van der Waals surface area (Å²) in [6.07, 6.45) is 10.1. The molecular formula is C48H54N6O4. The lowest BCUT2D eigenvalue weighted by Gasteiger charge is -2.52. The van der Waals surface area contributed by atoms with E-state index in [2.05, 4.69) is 60.0 Å². The highest BCUT2D eigenvalue weighted by Crippen LogP contribution is 2.47. The van der Waals surface area contributed by atoms with Crippen LogP contribution in [0.15, 0.2) is 85.2 Å². The Morgan fingerprint density at radius 3 is 1.69 bits per heavy atom. The van der Waals surface area contributed by atoms with E-state index >= 15 is 0 Å². The maximum absolute atomic E-state index is 10.1. The smallest absolute Gasteiger partial charge is 0.242 e. The van der Waals surface area contributed by atoms with Crippen LogP contribution in [-0.2, 0) is 6.61 Å². The summed E-state index contributed by atoms with van der Waals surface area (Å²) in [5.74, 6) is 4.52. The fourth-order valence-corrected chi connectivity index (χ4v) is 11.2. The zero-order chi connectivity index (χ0) is 39.3. The first kappa shape index (κ1) is 37.4. The number of aromatic nitrogens is 4. The van der Waals surface area contributed by atoms with Crippen molar-refractivity contribution < 1.29 is 19.3 Å². The molecule has 0 spiro atoms. The van der Waals surface area contributed by atoms with E-state index in [1.807, 2.05) is 48.8 Å². The zero-order valence-corrected chi connectivity index (χ0v) is 33.8. The number of benzene rings is 3. The van der Waals surface area contributed by atoms with Gasteiger partial charge in [0.2, 0.25) is 11.8 Å². The minimum atomic E-state index is -0.326. The molecule has 3 aromatic heterocycles. The Morgan fingerprint density at radius 1 is 0.672 bits per heavy atom. The molecule has 3 aromatic carbocycles. The third kappa shape index (κ3) is 6.63. The first-order valence-electron chi connectivity index (χ1n) is 21.5. The van der Waals surface area contributed by atoms with Crippen LogP contribution in [0.25, 0.3) is 32.6 Å². The fraction of sp³-hybridized carbons (Fsp3) is 0.458. The Kier molecular flexibility index (Phi) is 10.1. The van der Waals surface area contributed by atoms with Gasteiger partial charge >= 0.3 is 0 Å². The number of piperidine rings is 6. The number of pyridine rings is 2. The lowest BCUT2D eigenvalue weighted by atomic mass is 9.72. The van der Waals surface area contributed by atoms with Gasteiger partial charge in [-0.3, -0.25) is 19.8 Å². The highest BCUT2D eigenvalue weighted by molar-refractivity contribution is 5.91. The van der Waals surface area contributed by atoms with E-state index < -0.39 is 0 Å². The van der Waals surface area contributed by atoms with Crippen molar-refractivity contribution in [2.24, 2.45) is 23.7 Å². The molecule has 6 aliphatic heterocycles. The molecule has 4 bridgehead atoms. The number of aliphatic hydroxyl groups is 1. The third-order valence-electron chi connectivity index (χ3n) is 14.3. The Balaban J connectivity index is 1.06. The number of hydrogen-bond acceptors (Lipinski definition) is 10. The second-order valence-corrected chi connectivity index (χ2v) is 17.2. The molecule has 0 radical (unpaired) electrons. The molecular weight excluding hydrogens is 725 g/mol. The van der Waals surface area contributed by atoms with E-state index in [-0.39, 0.29) is 30.9 Å². The Hall–Kier alpha value is -4.90. The molecule has 9 heterocycles. The van der Waals surface area contributed by atoms with Gasteiger partial charge in [0.1, 0.15) is 18.0 Å². The maximum atomic E-state index is 10.1. The quantitative estimate of drug-likeness (QED) is 0.130. The standard InChI is InChI=1S/C48H54N6O4/c1-4-30-26-53-20-16-32(30)23-43(53)45(35-14-18-49-41-12-10-29(28-55)22-39(35)41)57-47-37-8-6-7-9-38(37)48(52-51-47)58-46(44-24-33-17-21-54(44)27-31(33)5-2)36-15-19-50-42-13-11-34(56-3)25-40(36)42/h6-15,18-19,22,25,30-33,43-46,55H,4-5,16-17,20-21,23-24,26-28H2,1-3H3/t30-,31?,32+,33?,43+,44+,45-,46-/m0/s1. The minimum Gasteiger partial charge on any atom is -0.497 e. The first-order chi connectivity index (χ1) is 28.5. The van der Waals surface area contributed by atoms with Crippen molar-refractivity contribution in [3.05, 3.63) is 102 Å². The summed E-state index contributed by atoms with van der Waals surface area (Å²) in [7, 11) is 1.71. The number of hydrogen-bond donors (Lipinski definition) is 1. The monoisotopic (exact) mass is 778 g/mol. The van der Waals surface area contributed by atoms with Crippen molar-refractivity contribution in [1.82, 2.24) is 30.0 Å². The van der Waals surface area contributed by atoms with Crippen LogP contribution in [0.3, 0.4) is 0 Å². The van der Waals surface area contributed by atoms with Gasteiger partial charge in [0.05, 0.1) is 47.6 Å². The maximum Gasteiger partial charge on any atom is 0.242 e. The van der Waals surface area contributed by atoms with Crippen molar-refractivity contribution in [2.75, 3.05) is 33.3 Å². The van der Waals surface area contributed by atoms with Crippen LogP contribution in [0, 0.1) is 23.7 Å². The second kappa shape index (κ2) is 15.7. The third-order valence-corrected chi connectivity index (χ3v) is 14.3. The van der Waals surface area contributed by atoms with Crippen LogP contribution >= 0.6 is 0 Å². The summed E-state index contributed by atoms with van der Waals surface area (Å²) in [5, 5.41) is 23.7. The molecule has 3 unspecified atom stereocenters. The van der Waals surface area contributed by atoms with E-state index in [1.54, 1.807) is 7.11 Å². The van der Waals surface area contributed by atoms with Crippen LogP contribution in [0.4, 0.5) is 0 Å².